The number of rotatable bonds is 6. The molecule has 0 spiro atoms. The second kappa shape index (κ2) is 8.85. The van der Waals surface area contributed by atoms with Gasteiger partial charge in [0, 0.05) is 0 Å². The van der Waals surface area contributed by atoms with Gasteiger partial charge in [0.25, 0.3) is 0 Å². The highest BCUT2D eigenvalue weighted by molar-refractivity contribution is 5.32. The smallest absolute Gasteiger partial charge is 0.00569 e. The van der Waals surface area contributed by atoms with Crippen LogP contribution in [0.2, 0.25) is 0 Å². The van der Waals surface area contributed by atoms with E-state index < -0.39 is 0 Å². The van der Waals surface area contributed by atoms with Gasteiger partial charge in [0.2, 0.25) is 0 Å². The molecule has 0 aromatic heterocycles. The van der Waals surface area contributed by atoms with Crippen LogP contribution in [0.3, 0.4) is 0 Å². The number of allylic oxidation sites excluding steroid dienone is 4. The summed E-state index contributed by atoms with van der Waals surface area (Å²) in [5.74, 6) is 1.71. The highest BCUT2D eigenvalue weighted by Crippen LogP contribution is 2.79. The lowest BCUT2D eigenvalue weighted by Gasteiger charge is -2.69. The van der Waals surface area contributed by atoms with Crippen molar-refractivity contribution >= 4 is 0 Å². The molecule has 0 heterocycles. The molecule has 0 heteroatoms. The minimum absolute atomic E-state index is 0.423. The van der Waals surface area contributed by atoms with Gasteiger partial charge in [-0.15, -0.1) is 0 Å². The molecule has 0 aromatic carbocycles. The van der Waals surface area contributed by atoms with Gasteiger partial charge in [-0.25, -0.2) is 0 Å². The SMILES string of the molecule is CCC=C(C)C1CC[C@@]2(CC)[C@@H]3CC=C4CCC(C)(CC)CCC4(C)[C@@]3(CC)CCC12CC. The summed E-state index contributed by atoms with van der Waals surface area (Å²) in [7, 11) is 0. The molecule has 4 rings (SSSR count). The molecule has 0 nitrogen and oxygen atoms in total. The molecule has 4 aliphatic rings. The number of hydrogen-bond donors (Lipinski definition) is 0. The van der Waals surface area contributed by atoms with Gasteiger partial charge in [0.15, 0.2) is 0 Å². The molecule has 3 fully saturated rings. The Morgan fingerprint density at radius 3 is 2.09 bits per heavy atom. The zero-order valence-electron chi connectivity index (χ0n) is 23.7. The van der Waals surface area contributed by atoms with Crippen molar-refractivity contribution in [2.75, 3.05) is 0 Å². The summed E-state index contributed by atoms with van der Waals surface area (Å²) in [5, 5.41) is 0. The molecule has 4 unspecified atom stereocenters. The lowest BCUT2D eigenvalue weighted by Crippen LogP contribution is -2.62. The molecule has 0 amide bonds. The molecule has 0 saturated heterocycles. The molecule has 0 N–H and O–H groups in total. The molecule has 0 bridgehead atoms. The van der Waals surface area contributed by atoms with Crippen molar-refractivity contribution in [1.82, 2.24) is 0 Å². The summed E-state index contributed by atoms with van der Waals surface area (Å²) in [5.41, 5.74) is 6.17. The first kappa shape index (κ1) is 25.6. The van der Waals surface area contributed by atoms with E-state index in [1.165, 1.54) is 89.9 Å². The van der Waals surface area contributed by atoms with Crippen LogP contribution in [-0.4, -0.2) is 0 Å². The summed E-state index contributed by atoms with van der Waals surface area (Å²) in [6, 6.07) is 0. The average Bonchev–Trinajstić information content (AvgIpc) is 3.11. The third-order valence-electron chi connectivity index (χ3n) is 13.3. The topological polar surface area (TPSA) is 0 Å². The second-order valence-electron chi connectivity index (χ2n) is 13.5. The Hall–Kier alpha value is -0.520. The number of hydrogen-bond acceptors (Lipinski definition) is 0. The van der Waals surface area contributed by atoms with Crippen LogP contribution in [0.25, 0.3) is 0 Å². The first-order chi connectivity index (χ1) is 15.7. The number of fused-ring (bicyclic) bond motifs is 5. The standard InChI is InChI=1S/C33H56/c1-9-14-25(6)27-18-20-33(13-5)28-16-15-26-17-19-29(7,10-2)21-22-30(26,8)32(28,12-4)24-23-31(27,33)11-3/h14-15,27-28H,9-13,16-24H2,1-8H3/t27?,28-,29?,30?,31?,32+,33+/m1/s1. The van der Waals surface area contributed by atoms with E-state index in [1.807, 2.05) is 5.57 Å². The molecule has 188 valence electrons. The third-order valence-corrected chi connectivity index (χ3v) is 13.3. The van der Waals surface area contributed by atoms with Gasteiger partial charge in [-0.2, -0.15) is 0 Å². The van der Waals surface area contributed by atoms with E-state index in [2.05, 4.69) is 67.5 Å². The maximum Gasteiger partial charge on any atom is -0.00569 e. The zero-order chi connectivity index (χ0) is 24.1. The predicted molar refractivity (Wildman–Crippen MR) is 145 cm³/mol. The van der Waals surface area contributed by atoms with E-state index in [0.29, 0.717) is 27.1 Å². The maximum absolute atomic E-state index is 2.82. The largest absolute Gasteiger partial charge is 0.0856 e. The van der Waals surface area contributed by atoms with E-state index in [0.717, 1.165) is 11.8 Å². The fraction of sp³-hybridized carbons (Fsp3) is 0.879. The van der Waals surface area contributed by atoms with Crippen molar-refractivity contribution in [3.8, 4) is 0 Å². The minimum Gasteiger partial charge on any atom is -0.0856 e. The molecule has 0 aliphatic heterocycles. The Kier molecular flexibility index (Phi) is 6.86. The Morgan fingerprint density at radius 1 is 0.818 bits per heavy atom. The molecule has 3 saturated carbocycles. The summed E-state index contributed by atoms with van der Waals surface area (Å²) >= 11 is 0. The first-order valence-electron chi connectivity index (χ1n) is 15.0. The lowest BCUT2D eigenvalue weighted by atomic mass is 9.35. The predicted octanol–water partition coefficient (Wildman–Crippen LogP) is 10.7. The van der Waals surface area contributed by atoms with Crippen LogP contribution in [0.15, 0.2) is 23.3 Å². The normalized spacial score (nSPS) is 47.9. The van der Waals surface area contributed by atoms with Crippen molar-refractivity contribution in [1.29, 1.82) is 0 Å². The fourth-order valence-corrected chi connectivity index (χ4v) is 11.0. The molecule has 4 aliphatic carbocycles. The van der Waals surface area contributed by atoms with E-state index in [-0.39, 0.29) is 0 Å². The minimum atomic E-state index is 0.423. The Balaban J connectivity index is 1.83. The molecular formula is C33H56. The van der Waals surface area contributed by atoms with Gasteiger partial charge in [-0.3, -0.25) is 0 Å². The summed E-state index contributed by atoms with van der Waals surface area (Å²) in [6.45, 7) is 20.3. The monoisotopic (exact) mass is 452 g/mol. The first-order valence-corrected chi connectivity index (χ1v) is 15.0. The van der Waals surface area contributed by atoms with Crippen molar-refractivity contribution in [2.24, 2.45) is 38.9 Å². The third kappa shape index (κ3) is 3.27. The fourth-order valence-electron chi connectivity index (χ4n) is 11.0. The van der Waals surface area contributed by atoms with Crippen LogP contribution in [0.1, 0.15) is 145 Å². The Labute approximate surface area is 207 Å². The van der Waals surface area contributed by atoms with Gasteiger partial charge in [-0.1, -0.05) is 78.2 Å². The van der Waals surface area contributed by atoms with Gasteiger partial charge in [-0.05, 0) is 129 Å². The van der Waals surface area contributed by atoms with Gasteiger partial charge >= 0.3 is 0 Å². The van der Waals surface area contributed by atoms with Gasteiger partial charge < -0.3 is 0 Å². The maximum atomic E-state index is 2.82. The van der Waals surface area contributed by atoms with E-state index in [1.54, 1.807) is 5.57 Å². The summed E-state index contributed by atoms with van der Waals surface area (Å²) in [6.07, 6.45) is 25.0. The van der Waals surface area contributed by atoms with Crippen molar-refractivity contribution < 1.29 is 0 Å². The molecule has 0 aromatic rings. The Bertz CT molecular complexity index is 786. The van der Waals surface area contributed by atoms with Crippen molar-refractivity contribution in [3.05, 3.63) is 23.3 Å². The quantitative estimate of drug-likeness (QED) is 0.351. The van der Waals surface area contributed by atoms with Crippen LogP contribution in [0, 0.1) is 38.9 Å². The second-order valence-corrected chi connectivity index (χ2v) is 13.5. The highest BCUT2D eigenvalue weighted by Gasteiger charge is 2.71. The summed E-state index contributed by atoms with van der Waals surface area (Å²) in [4.78, 5) is 0. The van der Waals surface area contributed by atoms with E-state index in [4.69, 9.17) is 0 Å². The molecule has 33 heavy (non-hydrogen) atoms. The van der Waals surface area contributed by atoms with Gasteiger partial charge in [0.1, 0.15) is 0 Å². The van der Waals surface area contributed by atoms with Crippen molar-refractivity contribution in [3.63, 3.8) is 0 Å². The van der Waals surface area contributed by atoms with Crippen LogP contribution in [0.5, 0.6) is 0 Å². The lowest BCUT2D eigenvalue weighted by molar-refractivity contribution is -0.179. The van der Waals surface area contributed by atoms with Crippen LogP contribution < -0.4 is 0 Å². The summed E-state index contributed by atoms with van der Waals surface area (Å²) < 4.78 is 0. The van der Waals surface area contributed by atoms with E-state index in [9.17, 15) is 0 Å². The molecule has 0 radical (unpaired) electrons. The van der Waals surface area contributed by atoms with Crippen LogP contribution >= 0.6 is 0 Å². The van der Waals surface area contributed by atoms with E-state index >= 15 is 0 Å². The van der Waals surface area contributed by atoms with Crippen molar-refractivity contribution in [2.45, 2.75) is 145 Å². The zero-order valence-corrected chi connectivity index (χ0v) is 23.7. The molecular weight excluding hydrogens is 396 g/mol. The van der Waals surface area contributed by atoms with Crippen LogP contribution in [0.4, 0.5) is 0 Å². The van der Waals surface area contributed by atoms with Crippen LogP contribution in [-0.2, 0) is 0 Å². The Morgan fingerprint density at radius 2 is 1.48 bits per heavy atom. The molecule has 7 atom stereocenters. The average molecular weight is 453 g/mol. The highest BCUT2D eigenvalue weighted by atomic mass is 14.7. The van der Waals surface area contributed by atoms with Gasteiger partial charge in [0.05, 0.1) is 0 Å².